The molecule has 3 rings (SSSR count). The zero-order chi connectivity index (χ0) is 18.1. The number of hydrogen-bond acceptors (Lipinski definition) is 5. The van der Waals surface area contributed by atoms with Gasteiger partial charge in [-0.25, -0.2) is 9.67 Å². The van der Waals surface area contributed by atoms with Gasteiger partial charge in [-0.15, -0.1) is 36.2 Å². The predicted octanol–water partition coefficient (Wildman–Crippen LogP) is 3.97. The van der Waals surface area contributed by atoms with Crippen LogP contribution in [0.1, 0.15) is 42.0 Å². The maximum absolute atomic E-state index is 12.8. The maximum Gasteiger partial charge on any atom is 0.252 e. The van der Waals surface area contributed by atoms with Crippen molar-refractivity contribution in [2.45, 2.75) is 39.8 Å². The molecule has 0 aliphatic heterocycles. The van der Waals surface area contributed by atoms with Crippen molar-refractivity contribution in [2.24, 2.45) is 5.73 Å². The number of amides is 1. The second-order valence-electron chi connectivity index (χ2n) is 6.50. The molecule has 0 aromatic carbocycles. The van der Waals surface area contributed by atoms with Crippen molar-refractivity contribution in [1.29, 1.82) is 0 Å². The van der Waals surface area contributed by atoms with Crippen LogP contribution >= 0.6 is 36.2 Å². The van der Waals surface area contributed by atoms with Gasteiger partial charge in [0.05, 0.1) is 27.7 Å². The minimum Gasteiger partial charge on any atom is -0.348 e. The lowest BCUT2D eigenvalue weighted by Gasteiger charge is -2.13. The summed E-state index contributed by atoms with van der Waals surface area (Å²) in [7, 11) is 0. The molecule has 148 valence electrons. The fourth-order valence-corrected chi connectivity index (χ4v) is 3.47. The van der Waals surface area contributed by atoms with Gasteiger partial charge in [-0.3, -0.25) is 4.79 Å². The smallest absolute Gasteiger partial charge is 0.252 e. The number of pyridine rings is 1. The van der Waals surface area contributed by atoms with Gasteiger partial charge in [0.15, 0.2) is 5.65 Å². The molecule has 3 aromatic heterocycles. The quantitative estimate of drug-likeness (QED) is 0.642. The number of nitrogens with one attached hydrogen (secondary N) is 1. The van der Waals surface area contributed by atoms with Crippen molar-refractivity contribution < 1.29 is 4.79 Å². The van der Waals surface area contributed by atoms with Crippen molar-refractivity contribution in [1.82, 2.24) is 20.1 Å². The normalized spacial score (nSPS) is 11.8. The van der Waals surface area contributed by atoms with E-state index < -0.39 is 0 Å². The lowest BCUT2D eigenvalue weighted by molar-refractivity contribution is 0.0943. The van der Waals surface area contributed by atoms with E-state index in [9.17, 15) is 4.79 Å². The van der Waals surface area contributed by atoms with Gasteiger partial charge in [0.1, 0.15) is 0 Å². The highest BCUT2D eigenvalue weighted by atomic mass is 35.5. The lowest BCUT2D eigenvalue weighted by atomic mass is 10.1. The molecule has 0 aliphatic carbocycles. The highest BCUT2D eigenvalue weighted by Crippen LogP contribution is 2.30. The lowest BCUT2D eigenvalue weighted by Crippen LogP contribution is -2.37. The molecular weight excluding hydrogens is 405 g/mol. The van der Waals surface area contributed by atoms with Crippen LogP contribution in [0.2, 0.25) is 0 Å². The fraction of sp³-hybridized carbons (Fsp3) is 0.389. The van der Waals surface area contributed by atoms with Crippen molar-refractivity contribution in [2.75, 3.05) is 6.54 Å². The first-order valence-corrected chi connectivity index (χ1v) is 9.18. The second-order valence-corrected chi connectivity index (χ2v) is 7.78. The minimum atomic E-state index is -0.150. The first kappa shape index (κ1) is 23.4. The number of fused-ring (bicyclic) bond motifs is 1. The van der Waals surface area contributed by atoms with Gasteiger partial charge < -0.3 is 11.1 Å². The molecule has 0 radical (unpaired) electrons. The molecule has 1 atom stereocenters. The standard InChI is InChI=1S/C18H23N5OS.2ClH/c1-10(2)23-17-14(9-20-23)13(18(24)21-11(3)8-19)7-15(22-17)16-6-5-12(4)25-16;;/h5-7,9-11H,8,19H2,1-4H3,(H,21,24);2*1H/t11-;;/m0../s1. The molecule has 0 saturated heterocycles. The highest BCUT2D eigenvalue weighted by molar-refractivity contribution is 7.15. The van der Waals surface area contributed by atoms with Gasteiger partial charge in [0.25, 0.3) is 5.91 Å². The number of carbonyl (C=O) groups excluding carboxylic acids is 1. The van der Waals surface area contributed by atoms with Gasteiger partial charge in [0.2, 0.25) is 0 Å². The molecule has 1 amide bonds. The van der Waals surface area contributed by atoms with Gasteiger partial charge in [0, 0.05) is 23.5 Å². The number of carbonyl (C=O) groups is 1. The van der Waals surface area contributed by atoms with Crippen LogP contribution < -0.4 is 11.1 Å². The molecular formula is C18H25Cl2N5OS. The summed E-state index contributed by atoms with van der Waals surface area (Å²) >= 11 is 1.66. The SMILES string of the molecule is Cc1ccc(-c2cc(C(=O)N[C@@H](C)CN)c3cnn(C(C)C)c3n2)s1.Cl.Cl. The average molecular weight is 430 g/mol. The third-order valence-electron chi connectivity index (χ3n) is 4.02. The Kier molecular flexibility index (Phi) is 8.23. The molecule has 3 N–H and O–H groups in total. The molecule has 0 fully saturated rings. The van der Waals surface area contributed by atoms with Crippen molar-refractivity contribution in [3.05, 3.63) is 34.8 Å². The van der Waals surface area contributed by atoms with Crippen LogP contribution in [-0.2, 0) is 0 Å². The average Bonchev–Trinajstić information content (AvgIpc) is 3.19. The highest BCUT2D eigenvalue weighted by Gasteiger charge is 2.19. The van der Waals surface area contributed by atoms with E-state index in [1.807, 2.05) is 37.6 Å². The summed E-state index contributed by atoms with van der Waals surface area (Å²) in [6, 6.07) is 6.00. The van der Waals surface area contributed by atoms with Gasteiger partial charge in [-0.05, 0) is 45.9 Å². The van der Waals surface area contributed by atoms with E-state index in [4.69, 9.17) is 10.7 Å². The zero-order valence-corrected chi connectivity index (χ0v) is 18.2. The first-order chi connectivity index (χ1) is 11.9. The third-order valence-corrected chi connectivity index (χ3v) is 5.05. The maximum atomic E-state index is 12.8. The molecule has 3 aromatic rings. The Labute approximate surface area is 175 Å². The summed E-state index contributed by atoms with van der Waals surface area (Å²) in [5.41, 5.74) is 7.73. The van der Waals surface area contributed by atoms with Crippen LogP contribution in [-0.4, -0.2) is 33.3 Å². The van der Waals surface area contributed by atoms with Crippen molar-refractivity contribution in [3.8, 4) is 10.6 Å². The van der Waals surface area contributed by atoms with Crippen LogP contribution in [0.3, 0.4) is 0 Å². The summed E-state index contributed by atoms with van der Waals surface area (Å²) in [6.45, 7) is 8.43. The molecule has 27 heavy (non-hydrogen) atoms. The van der Waals surface area contributed by atoms with Gasteiger partial charge >= 0.3 is 0 Å². The third kappa shape index (κ3) is 4.79. The number of halogens is 2. The number of nitrogens with zero attached hydrogens (tertiary/aromatic N) is 3. The van der Waals surface area contributed by atoms with Crippen molar-refractivity contribution in [3.63, 3.8) is 0 Å². The van der Waals surface area contributed by atoms with Gasteiger partial charge in [-0.1, -0.05) is 0 Å². The van der Waals surface area contributed by atoms with E-state index in [1.165, 1.54) is 4.88 Å². The second kappa shape index (κ2) is 9.50. The van der Waals surface area contributed by atoms with E-state index in [0.717, 1.165) is 21.6 Å². The molecule has 3 heterocycles. The minimum absolute atomic E-state index is 0. The Morgan fingerprint density at radius 2 is 2.00 bits per heavy atom. The largest absolute Gasteiger partial charge is 0.348 e. The summed E-state index contributed by atoms with van der Waals surface area (Å²) in [5.74, 6) is -0.150. The summed E-state index contributed by atoms with van der Waals surface area (Å²) in [6.07, 6.45) is 1.72. The molecule has 0 unspecified atom stereocenters. The van der Waals surface area contributed by atoms with Crippen LogP contribution in [0, 0.1) is 6.92 Å². The Morgan fingerprint density at radius 3 is 2.56 bits per heavy atom. The van der Waals surface area contributed by atoms with E-state index in [0.29, 0.717) is 12.1 Å². The Morgan fingerprint density at radius 1 is 1.30 bits per heavy atom. The van der Waals surface area contributed by atoms with E-state index in [-0.39, 0.29) is 42.8 Å². The number of rotatable bonds is 5. The molecule has 6 nitrogen and oxygen atoms in total. The summed E-state index contributed by atoms with van der Waals surface area (Å²) in [4.78, 5) is 19.8. The van der Waals surface area contributed by atoms with Crippen LogP contribution in [0.4, 0.5) is 0 Å². The Hall–Kier alpha value is -1.67. The van der Waals surface area contributed by atoms with Gasteiger partial charge in [-0.2, -0.15) is 5.10 Å². The Bertz CT molecular complexity index is 922. The molecule has 0 spiro atoms. The topological polar surface area (TPSA) is 85.8 Å². The number of nitrogens with two attached hydrogens (primary N) is 1. The monoisotopic (exact) mass is 429 g/mol. The number of hydrogen-bond donors (Lipinski definition) is 2. The van der Waals surface area contributed by atoms with Crippen LogP contribution in [0.15, 0.2) is 24.4 Å². The molecule has 0 saturated carbocycles. The molecule has 0 bridgehead atoms. The van der Waals surface area contributed by atoms with E-state index >= 15 is 0 Å². The predicted molar refractivity (Wildman–Crippen MR) is 116 cm³/mol. The van der Waals surface area contributed by atoms with Crippen LogP contribution in [0.5, 0.6) is 0 Å². The summed E-state index contributed by atoms with van der Waals surface area (Å²) < 4.78 is 1.85. The van der Waals surface area contributed by atoms with E-state index in [1.54, 1.807) is 17.5 Å². The van der Waals surface area contributed by atoms with E-state index in [2.05, 4.69) is 23.4 Å². The fourth-order valence-electron chi connectivity index (χ4n) is 2.64. The molecule has 9 heteroatoms. The Balaban J connectivity index is 0.00000182. The number of thiophene rings is 1. The number of aryl methyl sites for hydroxylation is 1. The number of aromatic nitrogens is 3. The molecule has 0 aliphatic rings. The first-order valence-electron chi connectivity index (χ1n) is 8.36. The van der Waals surface area contributed by atoms with Crippen molar-refractivity contribution >= 4 is 53.1 Å². The van der Waals surface area contributed by atoms with Crippen LogP contribution in [0.25, 0.3) is 21.6 Å². The summed E-state index contributed by atoms with van der Waals surface area (Å²) in [5, 5.41) is 8.12. The zero-order valence-electron chi connectivity index (χ0n) is 15.7.